The lowest BCUT2D eigenvalue weighted by atomic mass is 9.73. The van der Waals surface area contributed by atoms with Crippen LogP contribution < -0.4 is 0 Å². The molecule has 4 nitrogen and oxygen atoms in total. The Balaban J connectivity index is 1.78. The second kappa shape index (κ2) is 7.45. The molecule has 126 valence electrons. The number of carbonyl (C=O) groups is 1. The molecule has 0 bridgehead atoms. The molecule has 0 spiro atoms. The topological polar surface area (TPSA) is 38.8 Å². The van der Waals surface area contributed by atoms with Crippen molar-refractivity contribution < 1.29 is 14.3 Å². The third-order valence-corrected chi connectivity index (χ3v) is 5.35. The first-order valence-electron chi connectivity index (χ1n) is 8.68. The van der Waals surface area contributed by atoms with Crippen LogP contribution in [0.1, 0.15) is 31.2 Å². The van der Waals surface area contributed by atoms with E-state index in [1.165, 1.54) is 5.56 Å². The van der Waals surface area contributed by atoms with Gasteiger partial charge in [0, 0.05) is 39.5 Å². The molecule has 1 amide bonds. The van der Waals surface area contributed by atoms with Gasteiger partial charge >= 0.3 is 0 Å². The summed E-state index contributed by atoms with van der Waals surface area (Å²) in [6.45, 7) is 2.88. The van der Waals surface area contributed by atoms with Crippen LogP contribution in [-0.4, -0.2) is 50.3 Å². The van der Waals surface area contributed by atoms with Gasteiger partial charge in [0.05, 0.1) is 5.41 Å². The van der Waals surface area contributed by atoms with Crippen LogP contribution in [0, 0.1) is 5.41 Å². The van der Waals surface area contributed by atoms with Gasteiger partial charge in [-0.25, -0.2) is 0 Å². The van der Waals surface area contributed by atoms with Crippen molar-refractivity contribution >= 4 is 5.91 Å². The van der Waals surface area contributed by atoms with Crippen LogP contribution in [0.4, 0.5) is 0 Å². The molecule has 0 aromatic heterocycles. The van der Waals surface area contributed by atoms with E-state index in [1.807, 2.05) is 18.0 Å². The van der Waals surface area contributed by atoms with Gasteiger partial charge in [-0.1, -0.05) is 30.3 Å². The molecule has 0 radical (unpaired) electrons. The van der Waals surface area contributed by atoms with Gasteiger partial charge < -0.3 is 14.4 Å². The van der Waals surface area contributed by atoms with Gasteiger partial charge in [-0.3, -0.25) is 4.79 Å². The number of nitrogens with zero attached hydrogens (tertiary/aromatic N) is 1. The number of ether oxygens (including phenoxy) is 2. The molecule has 2 saturated heterocycles. The fourth-order valence-corrected chi connectivity index (χ4v) is 3.83. The smallest absolute Gasteiger partial charge is 0.229 e. The molecule has 0 N–H and O–H groups in total. The highest BCUT2D eigenvalue weighted by Gasteiger charge is 2.43. The summed E-state index contributed by atoms with van der Waals surface area (Å²) >= 11 is 0. The molecule has 4 heteroatoms. The van der Waals surface area contributed by atoms with E-state index in [9.17, 15) is 4.79 Å². The second-order valence-corrected chi connectivity index (χ2v) is 6.81. The minimum atomic E-state index is -0.313. The van der Waals surface area contributed by atoms with E-state index >= 15 is 0 Å². The largest absolute Gasteiger partial charge is 0.381 e. The summed E-state index contributed by atoms with van der Waals surface area (Å²) < 4.78 is 11.0. The van der Waals surface area contributed by atoms with Crippen molar-refractivity contribution in [3.63, 3.8) is 0 Å². The van der Waals surface area contributed by atoms with Crippen molar-refractivity contribution in [2.45, 2.75) is 38.1 Å². The summed E-state index contributed by atoms with van der Waals surface area (Å²) in [6, 6.07) is 10.7. The molecule has 0 aliphatic carbocycles. The Morgan fingerprint density at radius 1 is 1.09 bits per heavy atom. The summed E-state index contributed by atoms with van der Waals surface area (Å²) in [7, 11) is 1.97. The fourth-order valence-electron chi connectivity index (χ4n) is 3.83. The lowest BCUT2D eigenvalue weighted by molar-refractivity contribution is -0.150. The van der Waals surface area contributed by atoms with Crippen LogP contribution in [0.25, 0.3) is 0 Å². The van der Waals surface area contributed by atoms with Crippen molar-refractivity contribution in [2.75, 3.05) is 33.5 Å². The van der Waals surface area contributed by atoms with Crippen molar-refractivity contribution in [1.82, 2.24) is 4.90 Å². The maximum absolute atomic E-state index is 13.4. The van der Waals surface area contributed by atoms with E-state index in [1.54, 1.807) is 0 Å². The second-order valence-electron chi connectivity index (χ2n) is 6.81. The van der Waals surface area contributed by atoms with Crippen molar-refractivity contribution in [1.29, 1.82) is 0 Å². The summed E-state index contributed by atoms with van der Waals surface area (Å²) in [4.78, 5) is 15.4. The van der Waals surface area contributed by atoms with E-state index in [0.29, 0.717) is 19.3 Å². The van der Waals surface area contributed by atoms with Gasteiger partial charge in [0.2, 0.25) is 5.91 Å². The Morgan fingerprint density at radius 2 is 1.70 bits per heavy atom. The van der Waals surface area contributed by atoms with E-state index in [-0.39, 0.29) is 11.3 Å². The molecule has 3 rings (SSSR count). The SMILES string of the molecule is CN(C(=O)C1(Cc2ccccc2)CCOCC1)C1CCOCC1. The number of carbonyl (C=O) groups excluding carboxylic acids is 1. The van der Waals surface area contributed by atoms with Crippen LogP contribution >= 0.6 is 0 Å². The molecule has 2 aliphatic heterocycles. The lowest BCUT2D eigenvalue weighted by Crippen LogP contribution is -2.51. The van der Waals surface area contributed by atoms with Gasteiger partial charge in [0.15, 0.2) is 0 Å². The van der Waals surface area contributed by atoms with Crippen LogP contribution in [0.15, 0.2) is 30.3 Å². The van der Waals surface area contributed by atoms with Gasteiger partial charge in [-0.2, -0.15) is 0 Å². The van der Waals surface area contributed by atoms with Crippen LogP contribution in [0.3, 0.4) is 0 Å². The van der Waals surface area contributed by atoms with Crippen molar-refractivity contribution in [2.24, 2.45) is 5.41 Å². The Labute approximate surface area is 138 Å². The predicted octanol–water partition coefficient (Wildman–Crippen LogP) is 2.66. The fraction of sp³-hybridized carbons (Fsp3) is 0.632. The van der Waals surface area contributed by atoms with Gasteiger partial charge in [0.25, 0.3) is 0 Å². The zero-order valence-electron chi connectivity index (χ0n) is 14.0. The van der Waals surface area contributed by atoms with E-state index < -0.39 is 0 Å². The molecule has 0 atom stereocenters. The van der Waals surface area contributed by atoms with E-state index in [4.69, 9.17) is 9.47 Å². The molecule has 2 fully saturated rings. The first-order valence-corrected chi connectivity index (χ1v) is 8.68. The third-order valence-electron chi connectivity index (χ3n) is 5.35. The molecular weight excluding hydrogens is 290 g/mol. The Bertz CT molecular complexity index is 505. The molecule has 0 unspecified atom stereocenters. The van der Waals surface area contributed by atoms with E-state index in [0.717, 1.165) is 45.3 Å². The zero-order chi connectivity index (χ0) is 16.1. The summed E-state index contributed by atoms with van der Waals surface area (Å²) in [5.41, 5.74) is 0.926. The Morgan fingerprint density at radius 3 is 2.35 bits per heavy atom. The zero-order valence-corrected chi connectivity index (χ0v) is 14.0. The average molecular weight is 317 g/mol. The number of benzene rings is 1. The highest BCUT2D eigenvalue weighted by Crippen LogP contribution is 2.37. The molecule has 2 aliphatic rings. The standard InChI is InChI=1S/C19H27NO3/c1-20(17-7-11-22-12-8-17)18(21)19(9-13-23-14-10-19)15-16-5-3-2-4-6-16/h2-6,17H,7-15H2,1H3. The van der Waals surface area contributed by atoms with Crippen LogP contribution in [-0.2, 0) is 20.7 Å². The number of hydrogen-bond donors (Lipinski definition) is 0. The van der Waals surface area contributed by atoms with Gasteiger partial charge in [0.1, 0.15) is 0 Å². The molecule has 0 saturated carbocycles. The highest BCUT2D eigenvalue weighted by molar-refractivity contribution is 5.83. The molecule has 23 heavy (non-hydrogen) atoms. The highest BCUT2D eigenvalue weighted by atomic mass is 16.5. The van der Waals surface area contributed by atoms with Crippen molar-refractivity contribution in [3.05, 3.63) is 35.9 Å². The quantitative estimate of drug-likeness (QED) is 0.857. The molecule has 1 aromatic carbocycles. The lowest BCUT2D eigenvalue weighted by Gasteiger charge is -2.42. The Hall–Kier alpha value is -1.39. The van der Waals surface area contributed by atoms with Crippen LogP contribution in [0.5, 0.6) is 0 Å². The maximum atomic E-state index is 13.4. The summed E-state index contributed by atoms with van der Waals surface area (Å²) in [5.74, 6) is 0.288. The van der Waals surface area contributed by atoms with Gasteiger partial charge in [-0.15, -0.1) is 0 Å². The summed E-state index contributed by atoms with van der Waals surface area (Å²) in [5, 5.41) is 0. The predicted molar refractivity (Wildman–Crippen MR) is 89.2 cm³/mol. The van der Waals surface area contributed by atoms with Crippen LogP contribution in [0.2, 0.25) is 0 Å². The normalized spacial score (nSPS) is 21.8. The average Bonchev–Trinajstić information content (AvgIpc) is 2.63. The maximum Gasteiger partial charge on any atom is 0.229 e. The van der Waals surface area contributed by atoms with Gasteiger partial charge in [-0.05, 0) is 37.7 Å². The monoisotopic (exact) mass is 317 g/mol. The Kier molecular flexibility index (Phi) is 5.34. The first kappa shape index (κ1) is 16.5. The minimum Gasteiger partial charge on any atom is -0.381 e. The molecule has 2 heterocycles. The minimum absolute atomic E-state index is 0.288. The third kappa shape index (κ3) is 3.75. The van der Waals surface area contributed by atoms with Crippen molar-refractivity contribution in [3.8, 4) is 0 Å². The number of hydrogen-bond acceptors (Lipinski definition) is 3. The molecule has 1 aromatic rings. The number of amides is 1. The first-order chi connectivity index (χ1) is 11.2. The summed E-state index contributed by atoms with van der Waals surface area (Å²) in [6.07, 6.45) is 4.33. The van der Waals surface area contributed by atoms with E-state index in [2.05, 4.69) is 24.3 Å². The molecular formula is C19H27NO3. The number of rotatable bonds is 4.